The highest BCUT2D eigenvalue weighted by atomic mass is 32.1. The fraction of sp³-hybridized carbons (Fsp3) is 0.0833. The van der Waals surface area contributed by atoms with Crippen LogP contribution in [0.4, 0.5) is 20.2 Å². The predicted octanol–water partition coefficient (Wildman–Crippen LogP) is 5.85. The van der Waals surface area contributed by atoms with Gasteiger partial charge < -0.3 is 9.47 Å². The number of nitro groups is 1. The Balaban J connectivity index is 1.80. The standard InChI is InChI=1S/C24H18F2N4O4S/c1-33-19-12-8-18(9-13-19)28-24-29(27-14-17-4-2-3-5-21(17)30(31)32)22(15-35-24)16-6-10-20(11-7-16)34-23(25)26/h2-15,23H,1H3/b27-14+,28-24?. The number of benzene rings is 3. The molecule has 178 valence electrons. The molecule has 0 N–H and O–H groups in total. The van der Waals surface area contributed by atoms with Crippen LogP contribution in [0.2, 0.25) is 0 Å². The van der Waals surface area contributed by atoms with Crippen molar-refractivity contribution in [2.45, 2.75) is 6.61 Å². The molecule has 0 atom stereocenters. The number of thiazole rings is 1. The number of halogens is 2. The van der Waals surface area contributed by atoms with E-state index in [1.165, 1.54) is 40.4 Å². The van der Waals surface area contributed by atoms with Gasteiger partial charge in [0.05, 0.1) is 35.2 Å². The molecule has 0 saturated carbocycles. The molecule has 1 heterocycles. The molecule has 0 spiro atoms. The first kappa shape index (κ1) is 23.8. The molecule has 0 fully saturated rings. The van der Waals surface area contributed by atoms with Gasteiger partial charge in [-0.3, -0.25) is 10.1 Å². The van der Waals surface area contributed by atoms with E-state index in [0.717, 1.165) is 0 Å². The van der Waals surface area contributed by atoms with E-state index < -0.39 is 11.5 Å². The summed E-state index contributed by atoms with van der Waals surface area (Å²) in [7, 11) is 1.57. The Kier molecular flexibility index (Phi) is 7.27. The van der Waals surface area contributed by atoms with Crippen molar-refractivity contribution in [1.29, 1.82) is 0 Å². The summed E-state index contributed by atoms with van der Waals surface area (Å²) < 4.78 is 36.1. The highest BCUT2D eigenvalue weighted by molar-refractivity contribution is 7.07. The number of methoxy groups -OCH3 is 1. The van der Waals surface area contributed by atoms with Gasteiger partial charge in [0.25, 0.3) is 5.69 Å². The lowest BCUT2D eigenvalue weighted by molar-refractivity contribution is -0.385. The van der Waals surface area contributed by atoms with Crippen LogP contribution in [-0.2, 0) is 0 Å². The molecule has 11 heteroatoms. The summed E-state index contributed by atoms with van der Waals surface area (Å²) >= 11 is 1.30. The van der Waals surface area contributed by atoms with Gasteiger partial charge in [-0.2, -0.15) is 13.9 Å². The topological polar surface area (TPSA) is 91.2 Å². The Morgan fingerprint density at radius 1 is 1.03 bits per heavy atom. The second kappa shape index (κ2) is 10.7. The molecule has 0 saturated heterocycles. The number of nitro benzene ring substituents is 1. The average molecular weight is 496 g/mol. The molecule has 0 aliphatic heterocycles. The summed E-state index contributed by atoms with van der Waals surface area (Å²) in [4.78, 5) is 16.0. The second-order valence-electron chi connectivity index (χ2n) is 6.99. The summed E-state index contributed by atoms with van der Waals surface area (Å²) in [5.74, 6) is 0.710. The van der Waals surface area contributed by atoms with Gasteiger partial charge in [0.1, 0.15) is 11.5 Å². The molecule has 3 aromatic carbocycles. The van der Waals surface area contributed by atoms with Crippen LogP contribution in [0.3, 0.4) is 0 Å². The maximum Gasteiger partial charge on any atom is 0.387 e. The molecule has 0 unspecified atom stereocenters. The highest BCUT2D eigenvalue weighted by Gasteiger charge is 2.13. The van der Waals surface area contributed by atoms with Gasteiger partial charge in [-0.25, -0.2) is 9.67 Å². The minimum absolute atomic E-state index is 0.0251. The molecule has 0 aliphatic carbocycles. The molecular formula is C24H18F2N4O4S. The Morgan fingerprint density at radius 3 is 2.37 bits per heavy atom. The van der Waals surface area contributed by atoms with Crippen molar-refractivity contribution in [2.75, 3.05) is 7.11 Å². The maximum absolute atomic E-state index is 12.5. The van der Waals surface area contributed by atoms with Crippen LogP contribution in [0.15, 0.2) is 88.3 Å². The summed E-state index contributed by atoms with van der Waals surface area (Å²) in [5, 5.41) is 17.7. The minimum Gasteiger partial charge on any atom is -0.497 e. The minimum atomic E-state index is -2.92. The molecule has 1 aromatic heterocycles. The van der Waals surface area contributed by atoms with Gasteiger partial charge >= 0.3 is 6.61 Å². The summed E-state index contributed by atoms with van der Waals surface area (Å²) in [6.07, 6.45) is 1.38. The van der Waals surface area contributed by atoms with Crippen molar-refractivity contribution >= 4 is 28.9 Å². The van der Waals surface area contributed by atoms with E-state index in [0.29, 0.717) is 33.1 Å². The number of nitrogens with zero attached hydrogens (tertiary/aromatic N) is 4. The third kappa shape index (κ3) is 5.76. The SMILES string of the molecule is COc1ccc(N=c2scc(-c3ccc(OC(F)F)cc3)n2/N=C/c2ccccc2[N+](=O)[O-])cc1. The van der Waals surface area contributed by atoms with Crippen molar-refractivity contribution in [3.8, 4) is 22.8 Å². The predicted molar refractivity (Wildman–Crippen MR) is 129 cm³/mol. The lowest BCUT2D eigenvalue weighted by atomic mass is 10.2. The molecule has 4 aromatic rings. The van der Waals surface area contributed by atoms with E-state index in [9.17, 15) is 18.9 Å². The third-order valence-corrected chi connectivity index (χ3v) is 5.62. The molecule has 0 radical (unpaired) electrons. The molecule has 8 nitrogen and oxygen atoms in total. The zero-order chi connectivity index (χ0) is 24.8. The normalized spacial score (nSPS) is 11.8. The Hall–Kier alpha value is -4.38. The van der Waals surface area contributed by atoms with Crippen molar-refractivity contribution in [1.82, 2.24) is 4.68 Å². The highest BCUT2D eigenvalue weighted by Crippen LogP contribution is 2.25. The van der Waals surface area contributed by atoms with E-state index in [2.05, 4.69) is 14.8 Å². The Bertz CT molecular complexity index is 1410. The van der Waals surface area contributed by atoms with E-state index in [-0.39, 0.29) is 11.4 Å². The Morgan fingerprint density at radius 2 is 1.71 bits per heavy atom. The van der Waals surface area contributed by atoms with Crippen LogP contribution in [0.1, 0.15) is 5.56 Å². The van der Waals surface area contributed by atoms with Crippen LogP contribution in [0, 0.1) is 10.1 Å². The Labute approximate surface area is 202 Å². The monoisotopic (exact) mass is 496 g/mol. The largest absolute Gasteiger partial charge is 0.497 e. The summed E-state index contributed by atoms with van der Waals surface area (Å²) in [6, 6.07) is 19.4. The molecule has 0 bridgehead atoms. The fourth-order valence-corrected chi connectivity index (χ4v) is 4.00. The van der Waals surface area contributed by atoms with Crippen LogP contribution in [0.5, 0.6) is 11.5 Å². The van der Waals surface area contributed by atoms with Crippen LogP contribution >= 0.6 is 11.3 Å². The quantitative estimate of drug-likeness (QED) is 0.174. The van der Waals surface area contributed by atoms with Crippen molar-refractivity contribution in [2.24, 2.45) is 10.1 Å². The number of hydrogen-bond acceptors (Lipinski definition) is 7. The number of rotatable bonds is 8. The lowest BCUT2D eigenvalue weighted by Crippen LogP contribution is -2.11. The maximum atomic E-state index is 12.5. The van der Waals surface area contributed by atoms with Crippen LogP contribution in [0.25, 0.3) is 11.3 Å². The van der Waals surface area contributed by atoms with E-state index in [1.807, 2.05) is 5.38 Å². The van der Waals surface area contributed by atoms with Gasteiger partial charge in [0, 0.05) is 17.0 Å². The summed E-state index contributed by atoms with van der Waals surface area (Å²) in [6.45, 7) is -2.92. The number of ether oxygens (including phenoxy) is 2. The number of alkyl halides is 2. The molecular weight excluding hydrogens is 478 g/mol. The number of aromatic nitrogens is 1. The van der Waals surface area contributed by atoms with Crippen molar-refractivity contribution in [3.05, 3.63) is 98.7 Å². The van der Waals surface area contributed by atoms with Gasteiger partial charge in [-0.1, -0.05) is 12.1 Å². The lowest BCUT2D eigenvalue weighted by Gasteiger charge is -2.07. The van der Waals surface area contributed by atoms with Crippen LogP contribution < -0.4 is 14.3 Å². The first-order valence-electron chi connectivity index (χ1n) is 10.2. The van der Waals surface area contributed by atoms with E-state index >= 15 is 0 Å². The second-order valence-corrected chi connectivity index (χ2v) is 7.83. The van der Waals surface area contributed by atoms with E-state index in [4.69, 9.17) is 4.74 Å². The van der Waals surface area contributed by atoms with Gasteiger partial charge in [0.2, 0.25) is 4.80 Å². The summed E-state index contributed by atoms with van der Waals surface area (Å²) in [5.41, 5.74) is 2.16. The third-order valence-electron chi connectivity index (χ3n) is 4.80. The average Bonchev–Trinajstić information content (AvgIpc) is 3.25. The van der Waals surface area contributed by atoms with Crippen molar-refractivity contribution in [3.63, 3.8) is 0 Å². The molecule has 0 amide bonds. The fourth-order valence-electron chi connectivity index (χ4n) is 3.14. The first-order chi connectivity index (χ1) is 16.9. The molecule has 0 aliphatic rings. The van der Waals surface area contributed by atoms with Gasteiger partial charge in [0.15, 0.2) is 0 Å². The smallest absolute Gasteiger partial charge is 0.387 e. The zero-order valence-corrected chi connectivity index (χ0v) is 19.1. The van der Waals surface area contributed by atoms with Crippen molar-refractivity contribution < 1.29 is 23.2 Å². The van der Waals surface area contributed by atoms with Gasteiger partial charge in [-0.05, 0) is 54.6 Å². The zero-order valence-electron chi connectivity index (χ0n) is 18.2. The molecule has 4 rings (SSSR count). The molecule has 35 heavy (non-hydrogen) atoms. The first-order valence-corrected chi connectivity index (χ1v) is 11.0. The van der Waals surface area contributed by atoms with Gasteiger partial charge in [-0.15, -0.1) is 11.3 Å². The van der Waals surface area contributed by atoms with Crippen LogP contribution in [-0.4, -0.2) is 29.5 Å². The van der Waals surface area contributed by atoms with E-state index in [1.54, 1.807) is 61.7 Å². The number of para-hydroxylation sites is 1. The number of hydrogen-bond donors (Lipinski definition) is 0.